The molecule has 0 heterocycles. The van der Waals surface area contributed by atoms with Crippen LogP contribution in [0.3, 0.4) is 0 Å². The van der Waals surface area contributed by atoms with Gasteiger partial charge in [0.1, 0.15) is 0 Å². The lowest BCUT2D eigenvalue weighted by Gasteiger charge is -2.21. The fourth-order valence-electron chi connectivity index (χ4n) is 1.57. The summed E-state index contributed by atoms with van der Waals surface area (Å²) in [5, 5.41) is 0. The molecule has 0 fully saturated rings. The second kappa shape index (κ2) is 6.43. The lowest BCUT2D eigenvalue weighted by atomic mass is 10.2. The minimum Gasteiger partial charge on any atom is -0.372 e. The van der Waals surface area contributed by atoms with E-state index in [1.807, 2.05) is 0 Å². The van der Waals surface area contributed by atoms with Gasteiger partial charge in [-0.25, -0.2) is 0 Å². The summed E-state index contributed by atoms with van der Waals surface area (Å²) < 4.78 is 0. The molecule has 3 nitrogen and oxygen atoms in total. The molecule has 0 atom stereocenters. The largest absolute Gasteiger partial charge is 0.372 e. The van der Waals surface area contributed by atoms with Gasteiger partial charge >= 0.3 is 0 Å². The summed E-state index contributed by atoms with van der Waals surface area (Å²) in [5.41, 5.74) is 5.34. The molecule has 0 aliphatic heterocycles. The van der Waals surface area contributed by atoms with Gasteiger partial charge in [0.05, 0.1) is 7.11 Å². The molecule has 0 spiro atoms. The summed E-state index contributed by atoms with van der Waals surface area (Å²) >= 11 is 0. The molecule has 1 aromatic carbocycles. The summed E-state index contributed by atoms with van der Waals surface area (Å²) in [6, 6.07) is 8.55. The zero-order valence-corrected chi connectivity index (χ0v) is 9.79. The maximum Gasteiger partial charge on any atom is 0.0572 e. The molecule has 0 aliphatic rings. The van der Waals surface area contributed by atoms with Crippen molar-refractivity contribution in [3.63, 3.8) is 0 Å². The van der Waals surface area contributed by atoms with Crippen LogP contribution < -0.4 is 10.4 Å². The Bertz CT molecular complexity index is 267. The molecule has 1 rings (SSSR count). The Hall–Kier alpha value is -1.06. The molecule has 1 N–H and O–H groups in total. The van der Waals surface area contributed by atoms with E-state index >= 15 is 0 Å². The third-order valence-corrected chi connectivity index (χ3v) is 2.49. The highest BCUT2D eigenvalue weighted by Crippen LogP contribution is 2.14. The van der Waals surface area contributed by atoms with Crippen molar-refractivity contribution in [3.05, 3.63) is 29.8 Å². The molecule has 0 amide bonds. The molecule has 15 heavy (non-hydrogen) atoms. The maximum absolute atomic E-state index is 4.81. The van der Waals surface area contributed by atoms with Crippen LogP contribution in [0.25, 0.3) is 0 Å². The van der Waals surface area contributed by atoms with Gasteiger partial charge < -0.3 is 9.74 Å². The summed E-state index contributed by atoms with van der Waals surface area (Å²) in [7, 11) is 1.63. The Morgan fingerprint density at radius 2 is 1.73 bits per heavy atom. The summed E-state index contributed by atoms with van der Waals surface area (Å²) in [6.07, 6.45) is 0. The quantitative estimate of drug-likeness (QED) is 0.725. The lowest BCUT2D eigenvalue weighted by molar-refractivity contribution is 0.0867. The van der Waals surface area contributed by atoms with Crippen LogP contribution >= 0.6 is 0 Å². The highest BCUT2D eigenvalue weighted by Gasteiger charge is 2.00. The van der Waals surface area contributed by atoms with E-state index < -0.39 is 0 Å². The van der Waals surface area contributed by atoms with Gasteiger partial charge in [0, 0.05) is 25.3 Å². The maximum atomic E-state index is 4.81. The molecule has 0 radical (unpaired) electrons. The summed E-state index contributed by atoms with van der Waals surface area (Å²) in [5.74, 6) is 0. The van der Waals surface area contributed by atoms with E-state index in [4.69, 9.17) is 4.84 Å². The van der Waals surface area contributed by atoms with E-state index in [-0.39, 0.29) is 0 Å². The van der Waals surface area contributed by atoms with Gasteiger partial charge in [-0.3, -0.25) is 0 Å². The van der Waals surface area contributed by atoms with E-state index in [0.717, 1.165) is 19.6 Å². The monoisotopic (exact) mass is 208 g/mol. The van der Waals surface area contributed by atoms with E-state index in [0.29, 0.717) is 0 Å². The van der Waals surface area contributed by atoms with Crippen LogP contribution in [0.5, 0.6) is 0 Å². The molecule has 0 saturated carbocycles. The van der Waals surface area contributed by atoms with Gasteiger partial charge in [0.25, 0.3) is 0 Å². The lowest BCUT2D eigenvalue weighted by Crippen LogP contribution is -2.21. The minimum atomic E-state index is 0.745. The number of hydrogen-bond donors (Lipinski definition) is 1. The average molecular weight is 208 g/mol. The molecular weight excluding hydrogens is 188 g/mol. The van der Waals surface area contributed by atoms with E-state index in [1.165, 1.54) is 11.3 Å². The topological polar surface area (TPSA) is 24.5 Å². The molecule has 0 bridgehead atoms. The first kappa shape index (κ1) is 12.0. The number of nitrogens with one attached hydrogen (secondary N) is 1. The average Bonchev–Trinajstić information content (AvgIpc) is 2.29. The number of nitrogens with zero attached hydrogens (tertiary/aromatic N) is 1. The van der Waals surface area contributed by atoms with Gasteiger partial charge in [-0.15, -0.1) is 0 Å². The zero-order chi connectivity index (χ0) is 11.1. The van der Waals surface area contributed by atoms with Crippen LogP contribution in [0.4, 0.5) is 5.69 Å². The van der Waals surface area contributed by atoms with Crippen LogP contribution in [0, 0.1) is 0 Å². The van der Waals surface area contributed by atoms with Crippen molar-refractivity contribution in [2.24, 2.45) is 0 Å². The van der Waals surface area contributed by atoms with Gasteiger partial charge in [-0.05, 0) is 31.5 Å². The molecule has 0 unspecified atom stereocenters. The van der Waals surface area contributed by atoms with Gasteiger partial charge in [0.2, 0.25) is 0 Å². The minimum absolute atomic E-state index is 0.745. The van der Waals surface area contributed by atoms with Crippen molar-refractivity contribution >= 4 is 5.69 Å². The van der Waals surface area contributed by atoms with Crippen LogP contribution in [0.1, 0.15) is 19.4 Å². The predicted molar refractivity (Wildman–Crippen MR) is 63.9 cm³/mol. The molecule has 1 aromatic rings. The van der Waals surface area contributed by atoms with Crippen molar-refractivity contribution in [1.82, 2.24) is 5.48 Å². The Labute approximate surface area is 92.0 Å². The van der Waals surface area contributed by atoms with E-state index in [2.05, 4.69) is 48.5 Å². The smallest absolute Gasteiger partial charge is 0.0572 e. The normalized spacial score (nSPS) is 10.3. The Kier molecular flexibility index (Phi) is 5.15. The second-order valence-electron chi connectivity index (χ2n) is 3.36. The van der Waals surface area contributed by atoms with Crippen LogP contribution in [0.2, 0.25) is 0 Å². The van der Waals surface area contributed by atoms with E-state index in [9.17, 15) is 0 Å². The number of hydrogen-bond acceptors (Lipinski definition) is 3. The Morgan fingerprint density at radius 3 is 2.20 bits per heavy atom. The molecule has 3 heteroatoms. The molecule has 0 aromatic heterocycles. The second-order valence-corrected chi connectivity index (χ2v) is 3.36. The third kappa shape index (κ3) is 3.53. The molecule has 0 saturated heterocycles. The standard InChI is InChI=1S/C12H20N2O/c1-4-14(5-2)12-8-6-11(7-9-12)10-13-15-3/h6-9,13H,4-5,10H2,1-3H3. The Balaban J connectivity index is 2.62. The van der Waals surface area contributed by atoms with Crippen molar-refractivity contribution in [3.8, 4) is 0 Å². The number of hydroxylamine groups is 1. The van der Waals surface area contributed by atoms with Crippen molar-refractivity contribution in [2.45, 2.75) is 20.4 Å². The molecule has 84 valence electrons. The van der Waals surface area contributed by atoms with Crippen LogP contribution in [-0.4, -0.2) is 20.2 Å². The van der Waals surface area contributed by atoms with Gasteiger partial charge in [0.15, 0.2) is 0 Å². The fraction of sp³-hybridized carbons (Fsp3) is 0.500. The number of benzene rings is 1. The molecular formula is C12H20N2O. The van der Waals surface area contributed by atoms with Crippen LogP contribution in [-0.2, 0) is 11.4 Å². The van der Waals surface area contributed by atoms with Gasteiger partial charge in [-0.2, -0.15) is 5.48 Å². The first-order valence-electron chi connectivity index (χ1n) is 5.41. The third-order valence-electron chi connectivity index (χ3n) is 2.49. The number of rotatable bonds is 6. The zero-order valence-electron chi connectivity index (χ0n) is 9.79. The van der Waals surface area contributed by atoms with Crippen LogP contribution in [0.15, 0.2) is 24.3 Å². The van der Waals surface area contributed by atoms with E-state index in [1.54, 1.807) is 7.11 Å². The SMILES string of the molecule is CCN(CC)c1ccc(CNOC)cc1. The molecule has 0 aliphatic carbocycles. The Morgan fingerprint density at radius 1 is 1.13 bits per heavy atom. The predicted octanol–water partition coefficient (Wildman–Crippen LogP) is 2.18. The first-order chi connectivity index (χ1) is 7.31. The van der Waals surface area contributed by atoms with Crippen molar-refractivity contribution in [1.29, 1.82) is 0 Å². The first-order valence-corrected chi connectivity index (χ1v) is 5.41. The van der Waals surface area contributed by atoms with Crippen molar-refractivity contribution in [2.75, 3.05) is 25.1 Å². The van der Waals surface area contributed by atoms with Gasteiger partial charge in [-0.1, -0.05) is 12.1 Å². The summed E-state index contributed by atoms with van der Waals surface area (Å²) in [6.45, 7) is 7.18. The summed E-state index contributed by atoms with van der Waals surface area (Å²) in [4.78, 5) is 7.13. The number of anilines is 1. The highest BCUT2D eigenvalue weighted by molar-refractivity contribution is 5.47. The highest BCUT2D eigenvalue weighted by atomic mass is 16.6. The fourth-order valence-corrected chi connectivity index (χ4v) is 1.57. The van der Waals surface area contributed by atoms with Crippen molar-refractivity contribution < 1.29 is 4.84 Å².